The van der Waals surface area contributed by atoms with Crippen molar-refractivity contribution in [1.82, 2.24) is 19.6 Å². The van der Waals surface area contributed by atoms with E-state index >= 15 is 0 Å². The fourth-order valence-electron chi connectivity index (χ4n) is 3.63. The molecule has 0 bridgehead atoms. The van der Waals surface area contributed by atoms with Crippen molar-refractivity contribution >= 4 is 11.6 Å². The van der Waals surface area contributed by atoms with Crippen molar-refractivity contribution in [3.05, 3.63) is 87.8 Å². The molecule has 0 saturated heterocycles. The molecule has 2 aromatic heterocycles. The minimum atomic E-state index is 0.441. The quantitative estimate of drug-likeness (QED) is 0.428. The smallest absolute Gasteiger partial charge is 0.212 e. The van der Waals surface area contributed by atoms with E-state index in [0.29, 0.717) is 29.6 Å². The molecule has 2 heterocycles. The molecule has 31 heavy (non-hydrogen) atoms. The van der Waals surface area contributed by atoms with Crippen molar-refractivity contribution in [1.29, 1.82) is 5.26 Å². The summed E-state index contributed by atoms with van der Waals surface area (Å²) in [6.45, 7) is 5.01. The largest absolute Gasteiger partial charge is 0.473 e. The van der Waals surface area contributed by atoms with Crippen molar-refractivity contribution in [3.8, 4) is 23.1 Å². The molecule has 2 aromatic carbocycles. The van der Waals surface area contributed by atoms with Crippen LogP contribution in [0.25, 0.3) is 11.1 Å². The van der Waals surface area contributed by atoms with Crippen molar-refractivity contribution in [3.63, 3.8) is 0 Å². The molecule has 0 atom stereocenters. The highest BCUT2D eigenvalue weighted by Gasteiger charge is 2.16. The molecule has 7 heteroatoms. The van der Waals surface area contributed by atoms with E-state index in [0.717, 1.165) is 33.8 Å². The van der Waals surface area contributed by atoms with E-state index in [4.69, 9.17) is 26.7 Å². The van der Waals surface area contributed by atoms with Crippen LogP contribution < -0.4 is 4.74 Å². The minimum Gasteiger partial charge on any atom is -0.473 e. The molecular weight excluding hydrogens is 410 g/mol. The van der Waals surface area contributed by atoms with Gasteiger partial charge in [-0.3, -0.25) is 4.68 Å². The Morgan fingerprint density at radius 1 is 1.06 bits per heavy atom. The predicted octanol–water partition coefficient (Wildman–Crippen LogP) is 5.05. The van der Waals surface area contributed by atoms with Gasteiger partial charge in [-0.1, -0.05) is 48.0 Å². The normalized spacial score (nSPS) is 10.8. The van der Waals surface area contributed by atoms with Crippen molar-refractivity contribution in [2.75, 3.05) is 0 Å². The third-order valence-electron chi connectivity index (χ3n) is 5.19. The Morgan fingerprint density at radius 3 is 2.55 bits per heavy atom. The van der Waals surface area contributed by atoms with E-state index in [1.807, 2.05) is 74.1 Å². The van der Waals surface area contributed by atoms with Gasteiger partial charge in [-0.15, -0.1) is 0 Å². The molecule has 0 saturated carbocycles. The van der Waals surface area contributed by atoms with Crippen LogP contribution in [0.1, 0.15) is 28.2 Å². The number of aryl methyl sites for hydroxylation is 2. The topological polar surface area (TPSA) is 68.7 Å². The van der Waals surface area contributed by atoms with Gasteiger partial charge in [0.1, 0.15) is 12.7 Å². The van der Waals surface area contributed by atoms with Crippen molar-refractivity contribution < 1.29 is 4.74 Å². The lowest BCUT2D eigenvalue weighted by molar-refractivity contribution is 0.279. The summed E-state index contributed by atoms with van der Waals surface area (Å²) < 4.78 is 9.61. The van der Waals surface area contributed by atoms with Crippen LogP contribution >= 0.6 is 11.6 Å². The molecule has 0 aliphatic heterocycles. The Hall–Kier alpha value is -3.56. The predicted molar refractivity (Wildman–Crippen MR) is 120 cm³/mol. The number of nitriles is 1. The number of rotatable bonds is 6. The standard InChI is InChI=1S/C24H22ClN5O/c1-16-24(19-9-10-20(13-26)22(25)11-19)17(2)30(27-16)14-21-12-23(29(3)28-21)31-15-18-7-5-4-6-8-18/h4-12H,14-15H2,1-3H3. The molecule has 156 valence electrons. The number of aromatic nitrogens is 4. The van der Waals surface area contributed by atoms with Gasteiger partial charge < -0.3 is 4.74 Å². The van der Waals surface area contributed by atoms with Crippen molar-refractivity contribution in [2.24, 2.45) is 7.05 Å². The third kappa shape index (κ3) is 4.32. The second-order valence-corrected chi connectivity index (χ2v) is 7.79. The van der Waals surface area contributed by atoms with Gasteiger partial charge in [0.05, 0.1) is 28.5 Å². The van der Waals surface area contributed by atoms with Crippen molar-refractivity contribution in [2.45, 2.75) is 27.0 Å². The maximum absolute atomic E-state index is 9.11. The number of nitrogens with zero attached hydrogens (tertiary/aromatic N) is 5. The number of hydrogen-bond acceptors (Lipinski definition) is 4. The summed E-state index contributed by atoms with van der Waals surface area (Å²) in [6.07, 6.45) is 0. The summed E-state index contributed by atoms with van der Waals surface area (Å²) >= 11 is 6.24. The zero-order valence-electron chi connectivity index (χ0n) is 17.6. The van der Waals surface area contributed by atoms with Gasteiger partial charge in [0, 0.05) is 24.4 Å². The van der Waals surface area contributed by atoms with Gasteiger partial charge in [0.25, 0.3) is 0 Å². The molecule has 0 aliphatic carbocycles. The first kappa shape index (κ1) is 20.7. The maximum atomic E-state index is 9.11. The van der Waals surface area contributed by atoms with Crippen LogP contribution in [-0.2, 0) is 20.2 Å². The Bertz CT molecular complexity index is 1270. The molecular formula is C24H22ClN5O. The monoisotopic (exact) mass is 431 g/mol. The average molecular weight is 432 g/mol. The Morgan fingerprint density at radius 2 is 1.84 bits per heavy atom. The molecule has 0 N–H and O–H groups in total. The lowest BCUT2D eigenvalue weighted by Crippen LogP contribution is -2.05. The highest BCUT2D eigenvalue weighted by Crippen LogP contribution is 2.30. The van der Waals surface area contributed by atoms with Gasteiger partial charge >= 0.3 is 0 Å². The second-order valence-electron chi connectivity index (χ2n) is 7.38. The summed E-state index contributed by atoms with van der Waals surface area (Å²) in [5, 5.41) is 18.8. The second kappa shape index (κ2) is 8.66. The number of hydrogen-bond donors (Lipinski definition) is 0. The van der Waals surface area contributed by atoms with Crippen LogP contribution in [0.3, 0.4) is 0 Å². The zero-order chi connectivity index (χ0) is 22.0. The van der Waals surface area contributed by atoms with E-state index in [-0.39, 0.29) is 0 Å². The number of ether oxygens (including phenoxy) is 1. The first-order valence-corrected chi connectivity index (χ1v) is 10.3. The summed E-state index contributed by atoms with van der Waals surface area (Å²) in [6, 6.07) is 19.5. The highest BCUT2D eigenvalue weighted by molar-refractivity contribution is 6.32. The van der Waals surface area contributed by atoms with Crippen LogP contribution in [0, 0.1) is 25.2 Å². The Labute approximate surface area is 186 Å². The number of halogens is 1. The van der Waals surface area contributed by atoms with Crippen LogP contribution in [0.2, 0.25) is 5.02 Å². The molecule has 0 fully saturated rings. The summed E-state index contributed by atoms with van der Waals surface area (Å²) in [7, 11) is 1.87. The van der Waals surface area contributed by atoms with Gasteiger partial charge in [0.2, 0.25) is 5.88 Å². The fourth-order valence-corrected chi connectivity index (χ4v) is 3.86. The molecule has 0 spiro atoms. The highest BCUT2D eigenvalue weighted by atomic mass is 35.5. The van der Waals surface area contributed by atoms with E-state index in [1.54, 1.807) is 10.7 Å². The molecule has 4 aromatic rings. The molecule has 6 nitrogen and oxygen atoms in total. The Balaban J connectivity index is 1.55. The van der Waals surface area contributed by atoms with Crippen LogP contribution in [0.5, 0.6) is 5.88 Å². The number of benzene rings is 2. The summed E-state index contributed by atoms with van der Waals surface area (Å²) in [5.41, 5.74) is 6.30. The van der Waals surface area contributed by atoms with Crippen LogP contribution in [0.15, 0.2) is 54.6 Å². The van der Waals surface area contributed by atoms with Gasteiger partial charge in [-0.25, -0.2) is 4.68 Å². The van der Waals surface area contributed by atoms with E-state index in [1.165, 1.54) is 0 Å². The molecule has 0 aliphatic rings. The lowest BCUT2D eigenvalue weighted by Gasteiger charge is -2.05. The van der Waals surface area contributed by atoms with Gasteiger partial charge in [-0.2, -0.15) is 15.5 Å². The van der Waals surface area contributed by atoms with Crippen LogP contribution in [-0.4, -0.2) is 19.6 Å². The van der Waals surface area contributed by atoms with Crippen LogP contribution in [0.4, 0.5) is 0 Å². The summed E-state index contributed by atoms with van der Waals surface area (Å²) in [4.78, 5) is 0. The van der Waals surface area contributed by atoms with E-state index in [9.17, 15) is 0 Å². The van der Waals surface area contributed by atoms with Gasteiger partial charge in [0.15, 0.2) is 0 Å². The van der Waals surface area contributed by atoms with E-state index < -0.39 is 0 Å². The van der Waals surface area contributed by atoms with E-state index in [2.05, 4.69) is 11.2 Å². The molecule has 0 unspecified atom stereocenters. The molecule has 4 rings (SSSR count). The molecule has 0 amide bonds. The fraction of sp³-hybridized carbons (Fsp3) is 0.208. The van der Waals surface area contributed by atoms with Gasteiger partial charge in [-0.05, 0) is 37.1 Å². The SMILES string of the molecule is Cc1nn(Cc2cc(OCc3ccccc3)n(C)n2)c(C)c1-c1ccc(C#N)c(Cl)c1. The average Bonchev–Trinajstić information content (AvgIpc) is 3.25. The summed E-state index contributed by atoms with van der Waals surface area (Å²) in [5.74, 6) is 0.708. The minimum absolute atomic E-state index is 0.441. The Kier molecular flexibility index (Phi) is 5.79. The molecule has 0 radical (unpaired) electrons. The third-order valence-corrected chi connectivity index (χ3v) is 5.50. The first-order valence-electron chi connectivity index (χ1n) is 9.90. The maximum Gasteiger partial charge on any atom is 0.212 e. The lowest BCUT2D eigenvalue weighted by atomic mass is 10.0. The zero-order valence-corrected chi connectivity index (χ0v) is 18.4. The first-order chi connectivity index (χ1) is 15.0.